The van der Waals surface area contributed by atoms with Crippen molar-refractivity contribution in [3.05, 3.63) is 83.6 Å². The molecule has 0 saturated carbocycles. The molecule has 0 aliphatic carbocycles. The van der Waals surface area contributed by atoms with E-state index in [1.54, 1.807) is 32.4 Å². The van der Waals surface area contributed by atoms with Crippen LogP contribution in [0.2, 0.25) is 0 Å². The summed E-state index contributed by atoms with van der Waals surface area (Å²) in [4.78, 5) is 26.3. The first-order chi connectivity index (χ1) is 17.9. The average molecular weight is 518 g/mol. The molecule has 0 saturated heterocycles. The number of aromatic nitrogens is 1. The Hall–Kier alpha value is -3.91. The van der Waals surface area contributed by atoms with Gasteiger partial charge in [0.1, 0.15) is 11.5 Å². The number of anilines is 1. The molecule has 1 heterocycles. The van der Waals surface area contributed by atoms with E-state index in [9.17, 15) is 9.59 Å². The van der Waals surface area contributed by atoms with Gasteiger partial charge in [-0.15, -0.1) is 11.8 Å². The van der Waals surface area contributed by atoms with Gasteiger partial charge in [0.25, 0.3) is 5.91 Å². The minimum Gasteiger partial charge on any atom is -0.497 e. The van der Waals surface area contributed by atoms with Gasteiger partial charge in [-0.05, 0) is 44.2 Å². The van der Waals surface area contributed by atoms with Crippen LogP contribution in [0.25, 0.3) is 10.9 Å². The number of ether oxygens (including phenoxy) is 2. The highest BCUT2D eigenvalue weighted by atomic mass is 32.2. The molecule has 0 unspecified atom stereocenters. The van der Waals surface area contributed by atoms with E-state index in [1.807, 2.05) is 56.4 Å². The highest BCUT2D eigenvalue weighted by Crippen LogP contribution is 2.32. The first-order valence-electron chi connectivity index (χ1n) is 12.0. The molecule has 192 valence electrons. The normalized spacial score (nSPS) is 10.8. The molecular weight excluding hydrogens is 486 g/mol. The fourth-order valence-corrected chi connectivity index (χ4v) is 5.13. The quantitative estimate of drug-likeness (QED) is 0.274. The number of hydrogen-bond acceptors (Lipinski definition) is 5. The molecule has 0 atom stereocenters. The van der Waals surface area contributed by atoms with Crippen molar-refractivity contribution in [3.8, 4) is 11.5 Å². The van der Waals surface area contributed by atoms with E-state index >= 15 is 0 Å². The molecule has 2 amide bonds. The maximum Gasteiger partial charge on any atom is 0.251 e. The van der Waals surface area contributed by atoms with Crippen LogP contribution in [-0.4, -0.2) is 42.9 Å². The summed E-state index contributed by atoms with van der Waals surface area (Å²) < 4.78 is 12.7. The molecule has 37 heavy (non-hydrogen) atoms. The molecule has 2 N–H and O–H groups in total. The van der Waals surface area contributed by atoms with Gasteiger partial charge in [-0.2, -0.15) is 0 Å². The number of nitrogens with zero attached hydrogens (tertiary/aromatic N) is 1. The Morgan fingerprint density at radius 3 is 2.43 bits per heavy atom. The van der Waals surface area contributed by atoms with E-state index in [2.05, 4.69) is 21.3 Å². The van der Waals surface area contributed by atoms with Gasteiger partial charge in [-0.25, -0.2) is 0 Å². The van der Waals surface area contributed by atoms with Crippen LogP contribution in [-0.2, 0) is 11.3 Å². The van der Waals surface area contributed by atoms with E-state index < -0.39 is 0 Å². The second-order valence-corrected chi connectivity index (χ2v) is 9.76. The standard InChI is InChI=1S/C29H31N3O4S/c1-19-13-20(2)15-21(14-19)29(34)30-11-12-32-17-27(23-7-5-6-8-25(23)32)37-18-28(33)31-24-10-9-22(35-3)16-26(24)36-4/h5-10,13-17H,11-12,18H2,1-4H3,(H,30,34)(H,31,33). The van der Waals surface area contributed by atoms with Crippen LogP contribution in [0.15, 0.2) is 71.8 Å². The molecule has 4 aromatic rings. The molecule has 0 spiro atoms. The van der Waals surface area contributed by atoms with Crippen LogP contribution in [0.1, 0.15) is 21.5 Å². The van der Waals surface area contributed by atoms with Gasteiger partial charge < -0.3 is 24.7 Å². The number of benzene rings is 3. The van der Waals surface area contributed by atoms with Crippen LogP contribution in [0.5, 0.6) is 11.5 Å². The summed E-state index contributed by atoms with van der Waals surface area (Å²) in [5.41, 5.74) is 4.46. The minimum absolute atomic E-state index is 0.0801. The van der Waals surface area contributed by atoms with Gasteiger partial charge in [0.15, 0.2) is 0 Å². The molecular formula is C29H31N3O4S. The van der Waals surface area contributed by atoms with Gasteiger partial charge in [0, 0.05) is 46.7 Å². The first kappa shape index (κ1) is 26.2. The molecule has 0 aliphatic heterocycles. The summed E-state index contributed by atoms with van der Waals surface area (Å²) in [7, 11) is 3.14. The first-order valence-corrected chi connectivity index (χ1v) is 13.0. The fourth-order valence-electron chi connectivity index (χ4n) is 4.24. The topological polar surface area (TPSA) is 81.6 Å². The number of thioether (sulfide) groups is 1. The molecule has 1 aromatic heterocycles. The summed E-state index contributed by atoms with van der Waals surface area (Å²) in [6.07, 6.45) is 2.04. The van der Waals surface area contributed by atoms with Crippen molar-refractivity contribution in [1.82, 2.24) is 9.88 Å². The zero-order chi connectivity index (χ0) is 26.4. The van der Waals surface area contributed by atoms with Crippen molar-refractivity contribution in [2.45, 2.75) is 25.3 Å². The minimum atomic E-state index is -0.133. The smallest absolute Gasteiger partial charge is 0.251 e. The third kappa shape index (κ3) is 6.46. The van der Waals surface area contributed by atoms with Gasteiger partial charge in [0.2, 0.25) is 5.91 Å². The Labute approximate surface area is 221 Å². The molecule has 8 heteroatoms. The number of para-hydroxylation sites is 1. The van der Waals surface area contributed by atoms with Crippen molar-refractivity contribution in [2.24, 2.45) is 0 Å². The van der Waals surface area contributed by atoms with Crippen LogP contribution in [0.4, 0.5) is 5.69 Å². The summed E-state index contributed by atoms with van der Waals surface area (Å²) in [6, 6.07) is 19.2. The van der Waals surface area contributed by atoms with E-state index in [1.165, 1.54) is 11.8 Å². The van der Waals surface area contributed by atoms with Crippen LogP contribution < -0.4 is 20.1 Å². The number of carbonyl (C=O) groups is 2. The Morgan fingerprint density at radius 1 is 0.946 bits per heavy atom. The zero-order valence-electron chi connectivity index (χ0n) is 21.5. The zero-order valence-corrected chi connectivity index (χ0v) is 22.3. The maximum absolute atomic E-state index is 12.7. The predicted molar refractivity (Wildman–Crippen MR) is 149 cm³/mol. The molecule has 3 aromatic carbocycles. The Kier molecular flexibility index (Phi) is 8.40. The number of nitrogens with one attached hydrogen (secondary N) is 2. The Bertz CT molecular complexity index is 1410. The third-order valence-corrected chi connectivity index (χ3v) is 6.96. The lowest BCUT2D eigenvalue weighted by atomic mass is 10.1. The van der Waals surface area contributed by atoms with Gasteiger partial charge in [-0.3, -0.25) is 9.59 Å². The Morgan fingerprint density at radius 2 is 1.70 bits per heavy atom. The summed E-state index contributed by atoms with van der Waals surface area (Å²) >= 11 is 1.47. The predicted octanol–water partition coefficient (Wildman–Crippen LogP) is 5.44. The molecule has 0 aliphatic rings. The van der Waals surface area contributed by atoms with E-state index in [0.29, 0.717) is 35.8 Å². The van der Waals surface area contributed by atoms with Crippen LogP contribution >= 0.6 is 11.8 Å². The Balaban J connectivity index is 1.39. The average Bonchev–Trinajstić information content (AvgIpc) is 3.24. The number of aryl methyl sites for hydroxylation is 2. The largest absolute Gasteiger partial charge is 0.497 e. The highest BCUT2D eigenvalue weighted by molar-refractivity contribution is 8.00. The monoisotopic (exact) mass is 517 g/mol. The molecule has 0 fully saturated rings. The number of hydrogen-bond donors (Lipinski definition) is 2. The van der Waals surface area contributed by atoms with E-state index in [-0.39, 0.29) is 17.6 Å². The lowest BCUT2D eigenvalue weighted by Gasteiger charge is -2.11. The van der Waals surface area contributed by atoms with Crippen molar-refractivity contribution >= 4 is 40.2 Å². The highest BCUT2D eigenvalue weighted by Gasteiger charge is 2.13. The fraction of sp³-hybridized carbons (Fsp3) is 0.241. The second kappa shape index (κ2) is 11.9. The number of carbonyl (C=O) groups excluding carboxylic acids is 2. The summed E-state index contributed by atoms with van der Waals surface area (Å²) in [5.74, 6) is 1.22. The summed E-state index contributed by atoms with van der Waals surface area (Å²) in [6.45, 7) is 5.09. The maximum atomic E-state index is 12.7. The van der Waals surface area contributed by atoms with Crippen molar-refractivity contribution in [3.63, 3.8) is 0 Å². The molecule has 0 bridgehead atoms. The van der Waals surface area contributed by atoms with Crippen molar-refractivity contribution in [1.29, 1.82) is 0 Å². The number of amides is 2. The summed E-state index contributed by atoms with van der Waals surface area (Å²) in [5, 5.41) is 7.01. The van der Waals surface area contributed by atoms with Crippen molar-refractivity contribution in [2.75, 3.05) is 31.8 Å². The number of methoxy groups -OCH3 is 2. The van der Waals surface area contributed by atoms with Gasteiger partial charge in [0.05, 0.1) is 25.7 Å². The van der Waals surface area contributed by atoms with Crippen LogP contribution in [0, 0.1) is 13.8 Å². The third-order valence-electron chi connectivity index (χ3n) is 5.92. The van der Waals surface area contributed by atoms with Crippen LogP contribution in [0.3, 0.4) is 0 Å². The number of fused-ring (bicyclic) bond motifs is 1. The molecule has 4 rings (SSSR count). The molecule has 0 radical (unpaired) electrons. The second-order valence-electron chi connectivity index (χ2n) is 8.74. The number of rotatable bonds is 10. The SMILES string of the molecule is COc1ccc(NC(=O)CSc2cn(CCNC(=O)c3cc(C)cc(C)c3)c3ccccc23)c(OC)c1. The van der Waals surface area contributed by atoms with E-state index in [4.69, 9.17) is 9.47 Å². The lowest BCUT2D eigenvalue weighted by molar-refractivity contribution is -0.113. The van der Waals surface area contributed by atoms with Crippen molar-refractivity contribution < 1.29 is 19.1 Å². The van der Waals surface area contributed by atoms with Gasteiger partial charge in [-0.1, -0.05) is 35.4 Å². The molecule has 7 nitrogen and oxygen atoms in total. The van der Waals surface area contributed by atoms with E-state index in [0.717, 1.165) is 26.9 Å². The van der Waals surface area contributed by atoms with Gasteiger partial charge >= 0.3 is 0 Å². The lowest BCUT2D eigenvalue weighted by Crippen LogP contribution is -2.27.